The van der Waals surface area contributed by atoms with Crippen molar-refractivity contribution in [3.05, 3.63) is 0 Å². The van der Waals surface area contributed by atoms with Gasteiger partial charge in [-0.05, 0) is 32.9 Å². The Morgan fingerprint density at radius 1 is 1.06 bits per heavy atom. The molecule has 0 N–H and O–H groups in total. The van der Waals surface area contributed by atoms with Crippen LogP contribution in [-0.2, 0) is 9.84 Å². The Balaban J connectivity index is 3.60. The highest BCUT2D eigenvalue weighted by Gasteiger charge is 2.10. The van der Waals surface area contributed by atoms with Crippen molar-refractivity contribution in [2.75, 3.05) is 37.0 Å². The third kappa shape index (κ3) is 9.60. The van der Waals surface area contributed by atoms with Crippen LogP contribution in [0.1, 0.15) is 32.6 Å². The van der Waals surface area contributed by atoms with Gasteiger partial charge in [0.2, 0.25) is 0 Å². The maximum atomic E-state index is 11.5. The molecule has 0 atom stereocenters. The number of hydrogen-bond acceptors (Lipinski definition) is 3. The summed E-state index contributed by atoms with van der Waals surface area (Å²) in [5.41, 5.74) is 0. The summed E-state index contributed by atoms with van der Waals surface area (Å²) in [6.45, 7) is 3.56. The van der Waals surface area contributed by atoms with E-state index in [-0.39, 0.29) is 0 Å². The van der Waals surface area contributed by atoms with Crippen LogP contribution in [0.3, 0.4) is 0 Å². The second-order valence-corrected chi connectivity index (χ2v) is 7.30. The minimum absolute atomic E-state index is 0.301. The summed E-state index contributed by atoms with van der Waals surface area (Å²) in [5.74, 6) is 0.625. The molecule has 5 heteroatoms. The van der Waals surface area contributed by atoms with Crippen LogP contribution in [0, 0.1) is 0 Å². The van der Waals surface area contributed by atoms with Crippen molar-refractivity contribution in [1.82, 2.24) is 4.90 Å². The topological polar surface area (TPSA) is 37.4 Å². The third-order valence-corrected chi connectivity index (χ3v) is 4.87. The second-order valence-electron chi connectivity index (χ2n) is 4.20. The van der Waals surface area contributed by atoms with E-state index in [1.807, 2.05) is 14.0 Å². The molecule has 0 bridgehead atoms. The van der Waals surface area contributed by atoms with Gasteiger partial charge in [0.25, 0.3) is 0 Å². The van der Waals surface area contributed by atoms with E-state index in [0.717, 1.165) is 24.7 Å². The molecule has 0 heterocycles. The second kappa shape index (κ2) is 9.42. The van der Waals surface area contributed by atoms with E-state index in [4.69, 9.17) is 0 Å². The predicted octanol–water partition coefficient (Wildman–Crippen LogP) is 2.31. The number of nitrogens with zero attached hydrogens (tertiary/aromatic N) is 1. The van der Waals surface area contributed by atoms with Crippen molar-refractivity contribution in [1.29, 1.82) is 0 Å². The Morgan fingerprint density at radius 2 is 1.75 bits per heavy atom. The smallest absolute Gasteiger partial charge is 0.151 e. The normalized spacial score (nSPS) is 12.2. The van der Waals surface area contributed by atoms with E-state index in [0.29, 0.717) is 18.1 Å². The zero-order valence-corrected chi connectivity index (χ0v) is 12.8. The Labute approximate surface area is 109 Å². The molecule has 0 aromatic rings. The first-order chi connectivity index (χ1) is 7.52. The molecular formula is C11H24BrNO2S. The average Bonchev–Trinajstić information content (AvgIpc) is 2.22. The number of unbranched alkanes of at least 4 members (excludes halogenated alkanes) is 2. The summed E-state index contributed by atoms with van der Waals surface area (Å²) in [6, 6.07) is 0. The summed E-state index contributed by atoms with van der Waals surface area (Å²) in [6.07, 6.45) is 4.27. The van der Waals surface area contributed by atoms with E-state index < -0.39 is 9.84 Å². The molecule has 3 nitrogen and oxygen atoms in total. The van der Waals surface area contributed by atoms with Gasteiger partial charge in [-0.3, -0.25) is 0 Å². The van der Waals surface area contributed by atoms with E-state index in [2.05, 4.69) is 20.8 Å². The zero-order valence-electron chi connectivity index (χ0n) is 10.4. The quantitative estimate of drug-likeness (QED) is 0.459. The minimum atomic E-state index is -2.81. The average molecular weight is 314 g/mol. The molecule has 0 spiro atoms. The van der Waals surface area contributed by atoms with Crippen molar-refractivity contribution in [3.63, 3.8) is 0 Å². The van der Waals surface area contributed by atoms with Crippen molar-refractivity contribution in [2.45, 2.75) is 32.6 Å². The fourth-order valence-electron chi connectivity index (χ4n) is 1.47. The van der Waals surface area contributed by atoms with Crippen LogP contribution in [0.15, 0.2) is 0 Å². The standard InChI is InChI=1S/C11H24BrNO2S/c1-3-10-16(14,15)11-9-13(2)8-6-4-5-7-12/h3-11H2,1-2H3. The Hall–Kier alpha value is 0.390. The summed E-state index contributed by atoms with van der Waals surface area (Å²) in [7, 11) is -0.816. The molecule has 0 rings (SSSR count). The van der Waals surface area contributed by atoms with Gasteiger partial charge < -0.3 is 4.90 Å². The van der Waals surface area contributed by atoms with E-state index in [1.54, 1.807) is 0 Å². The van der Waals surface area contributed by atoms with Crippen molar-refractivity contribution < 1.29 is 8.42 Å². The lowest BCUT2D eigenvalue weighted by Crippen LogP contribution is -2.27. The van der Waals surface area contributed by atoms with Crippen molar-refractivity contribution in [3.8, 4) is 0 Å². The molecule has 0 aliphatic carbocycles. The Morgan fingerprint density at radius 3 is 2.31 bits per heavy atom. The maximum absolute atomic E-state index is 11.5. The predicted molar refractivity (Wildman–Crippen MR) is 74.1 cm³/mol. The van der Waals surface area contributed by atoms with Gasteiger partial charge in [0.15, 0.2) is 9.84 Å². The first-order valence-electron chi connectivity index (χ1n) is 5.96. The summed E-state index contributed by atoms with van der Waals surface area (Å²) < 4.78 is 23.0. The number of hydrogen-bond donors (Lipinski definition) is 0. The lowest BCUT2D eigenvalue weighted by molar-refractivity contribution is 0.343. The summed E-state index contributed by atoms with van der Waals surface area (Å²) in [4.78, 5) is 2.11. The first kappa shape index (κ1) is 16.4. The van der Waals surface area contributed by atoms with Crippen LogP contribution >= 0.6 is 15.9 Å². The molecule has 0 radical (unpaired) electrons. The highest BCUT2D eigenvalue weighted by atomic mass is 79.9. The maximum Gasteiger partial charge on any atom is 0.151 e. The van der Waals surface area contributed by atoms with Gasteiger partial charge >= 0.3 is 0 Å². The summed E-state index contributed by atoms with van der Waals surface area (Å²) in [5, 5.41) is 1.06. The van der Waals surface area contributed by atoms with E-state index in [1.165, 1.54) is 12.8 Å². The molecule has 0 aromatic carbocycles. The zero-order chi connectivity index (χ0) is 12.4. The lowest BCUT2D eigenvalue weighted by atomic mass is 10.2. The van der Waals surface area contributed by atoms with Gasteiger partial charge in [0.1, 0.15) is 0 Å². The highest BCUT2D eigenvalue weighted by Crippen LogP contribution is 2.01. The van der Waals surface area contributed by atoms with Gasteiger partial charge in [0.05, 0.1) is 5.75 Å². The lowest BCUT2D eigenvalue weighted by Gasteiger charge is -2.16. The number of alkyl halides is 1. The van der Waals surface area contributed by atoms with E-state index >= 15 is 0 Å². The van der Waals surface area contributed by atoms with Crippen LogP contribution < -0.4 is 0 Å². The van der Waals surface area contributed by atoms with Gasteiger partial charge in [-0.25, -0.2) is 8.42 Å². The van der Waals surface area contributed by atoms with Crippen LogP contribution in [0.2, 0.25) is 0 Å². The molecule has 0 fully saturated rings. The van der Waals surface area contributed by atoms with Gasteiger partial charge in [-0.2, -0.15) is 0 Å². The third-order valence-electron chi connectivity index (χ3n) is 2.47. The van der Waals surface area contributed by atoms with Crippen LogP contribution in [0.4, 0.5) is 0 Å². The monoisotopic (exact) mass is 313 g/mol. The largest absolute Gasteiger partial charge is 0.305 e. The first-order valence-corrected chi connectivity index (χ1v) is 8.91. The van der Waals surface area contributed by atoms with Gasteiger partial charge in [-0.1, -0.05) is 29.3 Å². The fraction of sp³-hybridized carbons (Fsp3) is 1.00. The SMILES string of the molecule is CCCS(=O)(=O)CCN(C)CCCCCBr. The van der Waals surface area contributed by atoms with Crippen LogP contribution in [-0.4, -0.2) is 50.3 Å². The molecule has 0 aliphatic rings. The van der Waals surface area contributed by atoms with Gasteiger partial charge in [0, 0.05) is 17.6 Å². The number of sulfone groups is 1. The molecular weight excluding hydrogens is 290 g/mol. The fourth-order valence-corrected chi connectivity index (χ4v) is 3.29. The Kier molecular flexibility index (Phi) is 9.65. The molecule has 0 aromatic heterocycles. The van der Waals surface area contributed by atoms with Crippen molar-refractivity contribution in [2.24, 2.45) is 0 Å². The molecule has 0 unspecified atom stereocenters. The molecule has 98 valence electrons. The molecule has 0 saturated heterocycles. The molecule has 16 heavy (non-hydrogen) atoms. The van der Waals surface area contributed by atoms with Crippen LogP contribution in [0.25, 0.3) is 0 Å². The number of halogens is 1. The van der Waals surface area contributed by atoms with Crippen LogP contribution in [0.5, 0.6) is 0 Å². The minimum Gasteiger partial charge on any atom is -0.305 e. The number of rotatable bonds is 10. The molecule has 0 amide bonds. The molecule has 0 saturated carbocycles. The highest BCUT2D eigenvalue weighted by molar-refractivity contribution is 9.09. The Bertz CT molecular complexity index is 255. The molecule has 0 aliphatic heterocycles. The van der Waals surface area contributed by atoms with Crippen molar-refractivity contribution >= 4 is 25.8 Å². The van der Waals surface area contributed by atoms with E-state index in [9.17, 15) is 8.42 Å². The van der Waals surface area contributed by atoms with Gasteiger partial charge in [-0.15, -0.1) is 0 Å². The summed E-state index contributed by atoms with van der Waals surface area (Å²) >= 11 is 3.40.